The lowest BCUT2D eigenvalue weighted by Crippen LogP contribution is -2.21. The highest BCUT2D eigenvalue weighted by Crippen LogP contribution is 2.40. The van der Waals surface area contributed by atoms with E-state index in [1.165, 1.54) is 0 Å². The number of benzene rings is 3. The van der Waals surface area contributed by atoms with Crippen molar-refractivity contribution in [2.45, 2.75) is 58.3 Å². The molecule has 1 aliphatic heterocycles. The predicted molar refractivity (Wildman–Crippen MR) is 173 cm³/mol. The molecule has 46 heavy (non-hydrogen) atoms. The molecule has 0 bridgehead atoms. The topological polar surface area (TPSA) is 61.5 Å². The zero-order chi connectivity index (χ0) is 32.4. The number of nitrogens with zero attached hydrogens (tertiary/aromatic N) is 4. The van der Waals surface area contributed by atoms with Crippen molar-refractivity contribution >= 4 is 27.6 Å². The molecule has 0 radical (unpaired) electrons. The van der Waals surface area contributed by atoms with Crippen LogP contribution >= 0.6 is 0 Å². The normalized spacial score (nSPS) is 14.3. The molecule has 0 saturated carbocycles. The minimum absolute atomic E-state index is 0.0133. The number of carbonyl (C=O) groups excluding carboxylic acids is 1. The van der Waals surface area contributed by atoms with Crippen LogP contribution in [0.1, 0.15) is 53.6 Å². The van der Waals surface area contributed by atoms with Gasteiger partial charge in [-0.3, -0.25) is 4.68 Å². The number of rotatable bonds is 8. The minimum atomic E-state index is -4.43. The highest BCUT2D eigenvalue weighted by molar-refractivity contribution is 6.05. The van der Waals surface area contributed by atoms with Crippen molar-refractivity contribution in [3.05, 3.63) is 83.3 Å². The summed E-state index contributed by atoms with van der Waals surface area (Å²) in [5, 5.41) is 7.37. The first-order valence-corrected chi connectivity index (χ1v) is 15.9. The van der Waals surface area contributed by atoms with E-state index in [0.717, 1.165) is 52.4 Å². The second-order valence-corrected chi connectivity index (χ2v) is 12.0. The van der Waals surface area contributed by atoms with Crippen molar-refractivity contribution < 1.29 is 27.4 Å². The zero-order valence-electron chi connectivity index (χ0n) is 26.5. The van der Waals surface area contributed by atoms with Crippen molar-refractivity contribution in [3.63, 3.8) is 0 Å². The largest absolute Gasteiger partial charge is 0.493 e. The Morgan fingerprint density at radius 2 is 1.70 bits per heavy atom. The summed E-state index contributed by atoms with van der Waals surface area (Å²) < 4.78 is 57.0. The van der Waals surface area contributed by atoms with Gasteiger partial charge in [0.25, 0.3) is 0 Å². The SMILES string of the molecule is CCOC(=O)c1c(CCCOc2cccc3ccccc23)c2cccc3c2n1CCCCN(C)Cc1c-3c(CC(F)(F)F)nn1C. The second-order valence-electron chi connectivity index (χ2n) is 12.0. The van der Waals surface area contributed by atoms with Crippen molar-refractivity contribution in [2.24, 2.45) is 7.05 Å². The van der Waals surface area contributed by atoms with Crippen molar-refractivity contribution in [1.82, 2.24) is 19.2 Å². The first-order valence-electron chi connectivity index (χ1n) is 15.9. The van der Waals surface area contributed by atoms with Crippen molar-refractivity contribution in [2.75, 3.05) is 26.8 Å². The van der Waals surface area contributed by atoms with Crippen LogP contribution in [0.15, 0.2) is 60.7 Å². The molecule has 0 N–H and O–H groups in total. The van der Waals surface area contributed by atoms with E-state index in [0.29, 0.717) is 55.1 Å². The number of aromatic nitrogens is 3. The van der Waals surface area contributed by atoms with Gasteiger partial charge < -0.3 is 18.9 Å². The van der Waals surface area contributed by atoms with Crippen LogP contribution in [0, 0.1) is 0 Å². The Morgan fingerprint density at radius 3 is 2.50 bits per heavy atom. The number of fused-ring (bicyclic) bond motifs is 3. The molecule has 5 aromatic rings. The molecule has 3 heterocycles. The maximum absolute atomic E-state index is 13.9. The molecule has 6 rings (SSSR count). The number of aryl methyl sites for hydroxylation is 3. The van der Waals surface area contributed by atoms with E-state index in [-0.39, 0.29) is 12.3 Å². The summed E-state index contributed by atoms with van der Waals surface area (Å²) in [6, 6.07) is 19.7. The molecule has 3 aromatic carbocycles. The third kappa shape index (κ3) is 6.35. The number of para-hydroxylation sites is 1. The van der Waals surface area contributed by atoms with E-state index in [9.17, 15) is 18.0 Å². The van der Waals surface area contributed by atoms with Gasteiger partial charge in [-0.05, 0) is 63.2 Å². The molecule has 10 heteroatoms. The molecule has 0 saturated heterocycles. The summed E-state index contributed by atoms with van der Waals surface area (Å²) in [4.78, 5) is 15.8. The Morgan fingerprint density at radius 1 is 0.957 bits per heavy atom. The molecule has 242 valence electrons. The zero-order valence-corrected chi connectivity index (χ0v) is 26.5. The molecule has 7 nitrogen and oxygen atoms in total. The fourth-order valence-corrected chi connectivity index (χ4v) is 6.76. The van der Waals surface area contributed by atoms with Gasteiger partial charge in [-0.15, -0.1) is 0 Å². The van der Waals surface area contributed by atoms with E-state index in [4.69, 9.17) is 9.47 Å². The van der Waals surface area contributed by atoms with Crippen LogP contribution in [0.25, 0.3) is 32.8 Å². The Hall–Kier alpha value is -4.31. The minimum Gasteiger partial charge on any atom is -0.493 e. The third-order valence-electron chi connectivity index (χ3n) is 8.70. The van der Waals surface area contributed by atoms with Crippen LogP contribution in [0.2, 0.25) is 0 Å². The van der Waals surface area contributed by atoms with Gasteiger partial charge in [0.15, 0.2) is 0 Å². The maximum atomic E-state index is 13.9. The summed E-state index contributed by atoms with van der Waals surface area (Å²) in [5.74, 6) is 0.373. The lowest BCUT2D eigenvalue weighted by Gasteiger charge is -2.17. The Bertz CT molecular complexity index is 1870. The Kier molecular flexibility index (Phi) is 9.08. The van der Waals surface area contributed by atoms with Crippen LogP contribution in [-0.4, -0.2) is 58.2 Å². The third-order valence-corrected chi connectivity index (χ3v) is 8.70. The summed E-state index contributed by atoms with van der Waals surface area (Å²) in [7, 11) is 3.68. The molecule has 2 aromatic heterocycles. The second kappa shape index (κ2) is 13.2. The maximum Gasteiger partial charge on any atom is 0.394 e. The number of alkyl halides is 3. The first-order chi connectivity index (χ1) is 22.2. The van der Waals surface area contributed by atoms with Crippen molar-refractivity contribution in [3.8, 4) is 16.9 Å². The molecular weight excluding hydrogens is 593 g/mol. The van der Waals surface area contributed by atoms with Gasteiger partial charge in [0, 0.05) is 42.0 Å². The van der Waals surface area contributed by atoms with Gasteiger partial charge >= 0.3 is 12.1 Å². The lowest BCUT2D eigenvalue weighted by molar-refractivity contribution is -0.127. The summed E-state index contributed by atoms with van der Waals surface area (Å²) >= 11 is 0. The number of hydrogen-bond donors (Lipinski definition) is 0. The standard InChI is InChI=1S/C36H39F3N4O3/c1-4-45-35(44)34-27(17-11-21-46-31-18-9-13-24-12-5-6-14-25(24)31)26-15-10-16-28-32-29(22-36(37,38)39)40-42(3)30(32)23-41(2)19-7-8-20-43(34)33(26)28/h5-6,9-10,12-16,18H,4,7-8,11,17,19-23H2,1-3H3. The van der Waals surface area contributed by atoms with E-state index in [1.807, 2.05) is 72.3 Å². The summed E-state index contributed by atoms with van der Waals surface area (Å²) in [6.07, 6.45) is -2.76. The molecule has 0 amide bonds. The predicted octanol–water partition coefficient (Wildman–Crippen LogP) is 7.71. The average Bonchev–Trinajstić information content (AvgIpc) is 3.48. The number of ether oxygens (including phenoxy) is 2. The van der Waals surface area contributed by atoms with Gasteiger partial charge in [-0.25, -0.2) is 4.79 Å². The first kappa shape index (κ1) is 31.7. The van der Waals surface area contributed by atoms with Crippen LogP contribution in [-0.2, 0) is 37.7 Å². The highest BCUT2D eigenvalue weighted by atomic mass is 19.4. The quantitative estimate of drug-likeness (QED) is 0.130. The molecule has 0 atom stereocenters. The van der Waals surface area contributed by atoms with E-state index in [2.05, 4.69) is 10.00 Å². The molecule has 0 spiro atoms. The van der Waals surface area contributed by atoms with Crippen LogP contribution in [0.4, 0.5) is 13.2 Å². The lowest BCUT2D eigenvalue weighted by atomic mass is 9.96. The van der Waals surface area contributed by atoms with Gasteiger partial charge in [0.2, 0.25) is 0 Å². The Labute approximate surface area is 266 Å². The number of hydrogen-bond acceptors (Lipinski definition) is 5. The van der Waals surface area contributed by atoms with Gasteiger partial charge in [-0.2, -0.15) is 18.3 Å². The van der Waals surface area contributed by atoms with Gasteiger partial charge in [0.05, 0.1) is 36.5 Å². The van der Waals surface area contributed by atoms with Gasteiger partial charge in [0.1, 0.15) is 11.4 Å². The average molecular weight is 633 g/mol. The number of esters is 1. The molecule has 0 fully saturated rings. The van der Waals surface area contributed by atoms with E-state index >= 15 is 0 Å². The van der Waals surface area contributed by atoms with E-state index in [1.54, 1.807) is 18.7 Å². The van der Waals surface area contributed by atoms with E-state index < -0.39 is 18.6 Å². The molecular formula is C36H39F3N4O3. The highest BCUT2D eigenvalue weighted by Gasteiger charge is 2.34. The van der Waals surface area contributed by atoms with Gasteiger partial charge in [-0.1, -0.05) is 54.6 Å². The smallest absolute Gasteiger partial charge is 0.394 e. The fourth-order valence-electron chi connectivity index (χ4n) is 6.76. The fraction of sp³-hybridized carbons (Fsp3) is 0.389. The van der Waals surface area contributed by atoms with Crippen LogP contribution in [0.5, 0.6) is 5.75 Å². The summed E-state index contributed by atoms with van der Waals surface area (Å²) in [6.45, 7) is 4.16. The Balaban J connectivity index is 1.46. The monoisotopic (exact) mass is 632 g/mol. The van der Waals surface area contributed by atoms with Crippen LogP contribution < -0.4 is 4.74 Å². The number of halogens is 3. The van der Waals surface area contributed by atoms with Crippen LogP contribution in [0.3, 0.4) is 0 Å². The summed E-state index contributed by atoms with van der Waals surface area (Å²) in [5.41, 5.74) is 3.88. The molecule has 0 unspecified atom stereocenters. The molecule has 1 aliphatic rings. The van der Waals surface area contributed by atoms with Crippen molar-refractivity contribution in [1.29, 1.82) is 0 Å². The number of carbonyl (C=O) groups is 1. The molecule has 0 aliphatic carbocycles.